The number of para-hydroxylation sites is 1. The first-order chi connectivity index (χ1) is 17.2. The van der Waals surface area contributed by atoms with Crippen LogP contribution in [0.1, 0.15) is 21.5 Å². The van der Waals surface area contributed by atoms with E-state index in [0.29, 0.717) is 52.3 Å². The maximum Gasteiger partial charge on any atom is 0.256 e. The lowest BCUT2D eigenvalue weighted by Gasteiger charge is -2.17. The van der Waals surface area contributed by atoms with Crippen molar-refractivity contribution in [1.29, 1.82) is 5.26 Å². The van der Waals surface area contributed by atoms with Crippen molar-refractivity contribution in [1.82, 2.24) is 4.98 Å². The van der Waals surface area contributed by atoms with Crippen molar-refractivity contribution in [3.8, 4) is 17.6 Å². The molecule has 0 saturated heterocycles. The Morgan fingerprint density at radius 2 is 1.89 bits per heavy atom. The molecule has 3 aromatic carbocycles. The van der Waals surface area contributed by atoms with Gasteiger partial charge in [-0.3, -0.25) is 9.59 Å². The van der Waals surface area contributed by atoms with Gasteiger partial charge in [0, 0.05) is 17.5 Å². The van der Waals surface area contributed by atoms with Crippen LogP contribution in [-0.2, 0) is 11.3 Å². The Labute approximate surface area is 200 Å². The van der Waals surface area contributed by atoms with Gasteiger partial charge in [0.05, 0.1) is 16.9 Å². The minimum atomic E-state index is -0.471. The molecule has 1 aliphatic rings. The second kappa shape index (κ2) is 9.41. The number of hydrogen-bond acceptors (Lipinski definition) is 7. The quantitative estimate of drug-likeness (QED) is 0.348. The monoisotopic (exact) mass is 465 g/mol. The molecule has 3 N–H and O–H groups in total. The molecule has 0 bridgehead atoms. The summed E-state index contributed by atoms with van der Waals surface area (Å²) in [6.07, 6.45) is 0.552. The number of benzene rings is 3. The van der Waals surface area contributed by atoms with Crippen LogP contribution in [0.15, 0.2) is 66.7 Å². The van der Waals surface area contributed by atoms with Crippen LogP contribution in [0.2, 0.25) is 0 Å². The fourth-order valence-electron chi connectivity index (χ4n) is 3.85. The van der Waals surface area contributed by atoms with Crippen LogP contribution in [0.25, 0.3) is 10.9 Å². The van der Waals surface area contributed by atoms with E-state index in [1.54, 1.807) is 36.4 Å². The van der Waals surface area contributed by atoms with Crippen molar-refractivity contribution in [2.24, 2.45) is 0 Å². The molecule has 2 amide bonds. The molecule has 1 aromatic heterocycles. The number of rotatable bonds is 7. The minimum absolute atomic E-state index is 0.0679. The van der Waals surface area contributed by atoms with Crippen LogP contribution in [0.3, 0.4) is 0 Å². The fourth-order valence-corrected chi connectivity index (χ4v) is 3.85. The van der Waals surface area contributed by atoms with E-state index in [1.807, 2.05) is 30.3 Å². The van der Waals surface area contributed by atoms with Gasteiger partial charge in [0.2, 0.25) is 13.2 Å². The van der Waals surface area contributed by atoms with E-state index < -0.39 is 5.91 Å². The molecule has 4 aromatic rings. The predicted octanol–water partition coefficient (Wildman–Crippen LogP) is 4.27. The van der Waals surface area contributed by atoms with Crippen molar-refractivity contribution in [3.05, 3.63) is 83.4 Å². The number of carbonyl (C=O) groups excluding carboxylic acids is 2. The molecule has 0 aliphatic carbocycles. The van der Waals surface area contributed by atoms with E-state index in [1.165, 1.54) is 0 Å². The molecule has 2 heterocycles. The van der Waals surface area contributed by atoms with Crippen molar-refractivity contribution in [2.45, 2.75) is 6.54 Å². The Morgan fingerprint density at radius 3 is 2.69 bits per heavy atom. The number of ether oxygens (including phenoxy) is 2. The molecule has 5 rings (SSSR count). The number of amides is 2. The smallest absolute Gasteiger partial charge is 0.256 e. The second-order valence-electron chi connectivity index (χ2n) is 7.65. The molecule has 172 valence electrons. The lowest BCUT2D eigenvalue weighted by Crippen LogP contribution is -2.16. The number of nitrogens with zero attached hydrogens (tertiary/aromatic N) is 2. The van der Waals surface area contributed by atoms with Crippen LogP contribution in [-0.4, -0.2) is 24.1 Å². The number of pyridine rings is 1. The summed E-state index contributed by atoms with van der Waals surface area (Å²) in [7, 11) is 0. The first-order valence-electron chi connectivity index (χ1n) is 10.7. The molecular weight excluding hydrogens is 446 g/mol. The third-order valence-electron chi connectivity index (χ3n) is 5.52. The van der Waals surface area contributed by atoms with Gasteiger partial charge in [-0.05, 0) is 29.8 Å². The summed E-state index contributed by atoms with van der Waals surface area (Å²) in [5.41, 5.74) is 2.87. The van der Waals surface area contributed by atoms with E-state index in [2.05, 4.69) is 27.0 Å². The Bertz CT molecular complexity index is 1480. The van der Waals surface area contributed by atoms with Crippen LogP contribution in [0.5, 0.6) is 11.5 Å². The maximum absolute atomic E-state index is 13.1. The van der Waals surface area contributed by atoms with E-state index in [4.69, 9.17) is 9.47 Å². The summed E-state index contributed by atoms with van der Waals surface area (Å²) < 4.78 is 10.7. The van der Waals surface area contributed by atoms with Crippen molar-refractivity contribution in [2.75, 3.05) is 22.7 Å². The van der Waals surface area contributed by atoms with Gasteiger partial charge < -0.3 is 25.4 Å². The van der Waals surface area contributed by atoms with Crippen LogP contribution >= 0.6 is 0 Å². The summed E-state index contributed by atoms with van der Waals surface area (Å²) in [4.78, 5) is 28.8. The number of nitriles is 1. The normalized spacial score (nSPS) is 11.5. The zero-order chi connectivity index (χ0) is 24.2. The summed E-state index contributed by atoms with van der Waals surface area (Å²) in [5, 5.41) is 19.4. The molecule has 0 fully saturated rings. The molecule has 1 aliphatic heterocycles. The number of hydrogen-bond donors (Lipinski definition) is 3. The van der Waals surface area contributed by atoms with Gasteiger partial charge in [0.1, 0.15) is 11.6 Å². The molecule has 0 unspecified atom stereocenters. The first kappa shape index (κ1) is 21.7. The van der Waals surface area contributed by atoms with Gasteiger partial charge in [-0.2, -0.15) is 5.26 Å². The van der Waals surface area contributed by atoms with Gasteiger partial charge in [-0.15, -0.1) is 0 Å². The lowest BCUT2D eigenvalue weighted by molar-refractivity contribution is -0.105. The van der Waals surface area contributed by atoms with Gasteiger partial charge in [0.15, 0.2) is 17.3 Å². The van der Waals surface area contributed by atoms with E-state index in [-0.39, 0.29) is 18.2 Å². The van der Waals surface area contributed by atoms with Crippen molar-refractivity contribution in [3.63, 3.8) is 0 Å². The SMILES string of the molecule is N#Cc1c(NC(=O)c2ccc3c(c2)OCO3)nc2c(NC=O)cccc2c1NCc1ccccc1. The predicted molar refractivity (Wildman–Crippen MR) is 130 cm³/mol. The third-order valence-corrected chi connectivity index (χ3v) is 5.52. The Balaban J connectivity index is 1.58. The fraction of sp³-hybridized carbons (Fsp3) is 0.0769. The Morgan fingerprint density at radius 1 is 1.06 bits per heavy atom. The highest BCUT2D eigenvalue weighted by atomic mass is 16.7. The third kappa shape index (κ3) is 4.28. The summed E-state index contributed by atoms with van der Waals surface area (Å²) in [6.45, 7) is 0.531. The van der Waals surface area contributed by atoms with E-state index >= 15 is 0 Å². The van der Waals surface area contributed by atoms with E-state index in [0.717, 1.165) is 5.56 Å². The number of carbonyl (C=O) groups is 2. The van der Waals surface area contributed by atoms with Crippen LogP contribution in [0, 0.1) is 11.3 Å². The van der Waals surface area contributed by atoms with Gasteiger partial charge in [-0.1, -0.05) is 42.5 Å². The van der Waals surface area contributed by atoms with Crippen LogP contribution < -0.4 is 25.4 Å². The van der Waals surface area contributed by atoms with Crippen LogP contribution in [0.4, 0.5) is 17.2 Å². The molecule has 9 heteroatoms. The molecule has 0 saturated carbocycles. The highest BCUT2D eigenvalue weighted by molar-refractivity contribution is 6.09. The molecule has 35 heavy (non-hydrogen) atoms. The van der Waals surface area contributed by atoms with Gasteiger partial charge in [0.25, 0.3) is 5.91 Å². The van der Waals surface area contributed by atoms with Crippen molar-refractivity contribution < 1.29 is 19.1 Å². The number of anilines is 3. The minimum Gasteiger partial charge on any atom is -0.454 e. The first-order valence-corrected chi connectivity index (χ1v) is 10.7. The van der Waals surface area contributed by atoms with Crippen molar-refractivity contribution >= 4 is 40.4 Å². The maximum atomic E-state index is 13.1. The molecular formula is C26H19N5O4. The number of fused-ring (bicyclic) bond motifs is 2. The Hall–Kier alpha value is -5.10. The average Bonchev–Trinajstić information content (AvgIpc) is 3.36. The van der Waals surface area contributed by atoms with E-state index in [9.17, 15) is 14.9 Å². The number of aromatic nitrogens is 1. The molecule has 0 atom stereocenters. The standard InChI is InChI=1S/C26H19N5O4/c27-12-19-23(28-13-16-5-2-1-3-6-16)18-7-4-8-20(29-14-32)24(18)30-25(19)31-26(33)17-9-10-21-22(11-17)35-15-34-21/h1-11,14H,13,15H2,(H,29,32)(H2,28,30,31,33). The molecule has 9 nitrogen and oxygen atoms in total. The highest BCUT2D eigenvalue weighted by Crippen LogP contribution is 2.36. The topological polar surface area (TPSA) is 125 Å². The van der Waals surface area contributed by atoms with Gasteiger partial charge in [-0.25, -0.2) is 4.98 Å². The number of nitrogens with one attached hydrogen (secondary N) is 3. The largest absolute Gasteiger partial charge is 0.454 e. The summed E-state index contributed by atoms with van der Waals surface area (Å²) in [5.74, 6) is 0.618. The molecule has 0 radical (unpaired) electrons. The average molecular weight is 465 g/mol. The zero-order valence-corrected chi connectivity index (χ0v) is 18.4. The summed E-state index contributed by atoms with van der Waals surface area (Å²) in [6, 6.07) is 21.9. The highest BCUT2D eigenvalue weighted by Gasteiger charge is 2.21. The second-order valence-corrected chi connectivity index (χ2v) is 7.65. The van der Waals surface area contributed by atoms with Gasteiger partial charge >= 0.3 is 0 Å². The summed E-state index contributed by atoms with van der Waals surface area (Å²) >= 11 is 0. The Kier molecular flexibility index (Phi) is 5.84. The zero-order valence-electron chi connectivity index (χ0n) is 18.4. The lowest BCUT2D eigenvalue weighted by atomic mass is 10.1. The molecule has 0 spiro atoms.